The van der Waals surface area contributed by atoms with E-state index in [2.05, 4.69) is 34.5 Å². The van der Waals surface area contributed by atoms with E-state index in [-0.39, 0.29) is 0 Å². The Labute approximate surface area is 115 Å². The predicted molar refractivity (Wildman–Crippen MR) is 76.8 cm³/mol. The topological polar surface area (TPSA) is 51.0 Å². The number of benzene rings is 1. The van der Waals surface area contributed by atoms with Crippen LogP contribution >= 0.6 is 11.3 Å². The van der Waals surface area contributed by atoms with Crippen LogP contribution in [-0.2, 0) is 0 Å². The molecule has 0 radical (unpaired) electrons. The van der Waals surface area contributed by atoms with E-state index < -0.39 is 0 Å². The Kier molecular flexibility index (Phi) is 3.05. The number of thiazole rings is 1. The first kappa shape index (κ1) is 11.9. The minimum Gasteiger partial charge on any atom is -0.361 e. The van der Waals surface area contributed by atoms with Crippen molar-refractivity contribution in [2.75, 3.05) is 5.32 Å². The van der Waals surface area contributed by atoms with E-state index >= 15 is 0 Å². The van der Waals surface area contributed by atoms with Gasteiger partial charge in [0.25, 0.3) is 0 Å². The predicted octanol–water partition coefficient (Wildman–Crippen LogP) is 4.16. The summed E-state index contributed by atoms with van der Waals surface area (Å²) in [7, 11) is 0. The Morgan fingerprint density at radius 1 is 1.26 bits per heavy atom. The molecule has 19 heavy (non-hydrogen) atoms. The van der Waals surface area contributed by atoms with Gasteiger partial charge in [-0.3, -0.25) is 0 Å². The summed E-state index contributed by atoms with van der Waals surface area (Å²) in [6.07, 6.45) is 1.70. The standard InChI is InChI=1S/C14H13N3OS/c1-9-4-3-5-11(6-9)16-14-17-13(8-19-14)12-7-15-18-10(12)2/h3-8H,1-2H3,(H,16,17). The monoisotopic (exact) mass is 271 g/mol. The van der Waals surface area contributed by atoms with Gasteiger partial charge < -0.3 is 9.84 Å². The molecule has 0 aliphatic rings. The van der Waals surface area contributed by atoms with Crippen LogP contribution in [0, 0.1) is 13.8 Å². The molecule has 0 aliphatic heterocycles. The molecule has 2 heterocycles. The van der Waals surface area contributed by atoms with E-state index in [0.717, 1.165) is 27.8 Å². The smallest absolute Gasteiger partial charge is 0.187 e. The molecule has 1 N–H and O–H groups in total. The number of aryl methyl sites for hydroxylation is 2. The minimum absolute atomic E-state index is 0.785. The van der Waals surface area contributed by atoms with Crippen molar-refractivity contribution in [3.63, 3.8) is 0 Å². The van der Waals surface area contributed by atoms with Gasteiger partial charge in [0.2, 0.25) is 0 Å². The van der Waals surface area contributed by atoms with Crippen molar-refractivity contribution < 1.29 is 4.52 Å². The molecule has 3 aromatic rings. The Morgan fingerprint density at radius 3 is 2.89 bits per heavy atom. The van der Waals surface area contributed by atoms with Crippen LogP contribution in [0.15, 0.2) is 40.4 Å². The fraction of sp³-hybridized carbons (Fsp3) is 0.143. The molecule has 5 heteroatoms. The van der Waals surface area contributed by atoms with Gasteiger partial charge >= 0.3 is 0 Å². The van der Waals surface area contributed by atoms with Crippen molar-refractivity contribution in [3.05, 3.63) is 47.2 Å². The van der Waals surface area contributed by atoms with Gasteiger partial charge in [0, 0.05) is 11.1 Å². The van der Waals surface area contributed by atoms with Crippen molar-refractivity contribution in [2.24, 2.45) is 0 Å². The summed E-state index contributed by atoms with van der Waals surface area (Å²) >= 11 is 1.57. The number of hydrogen-bond acceptors (Lipinski definition) is 5. The van der Waals surface area contributed by atoms with E-state index in [1.807, 2.05) is 24.4 Å². The molecule has 0 amide bonds. The summed E-state index contributed by atoms with van der Waals surface area (Å²) in [6.45, 7) is 3.95. The summed E-state index contributed by atoms with van der Waals surface area (Å²) in [6, 6.07) is 8.21. The maximum Gasteiger partial charge on any atom is 0.187 e. The Bertz CT molecular complexity index is 702. The highest BCUT2D eigenvalue weighted by molar-refractivity contribution is 7.14. The van der Waals surface area contributed by atoms with Gasteiger partial charge in [-0.25, -0.2) is 4.98 Å². The average Bonchev–Trinajstić information content (AvgIpc) is 2.98. The molecule has 96 valence electrons. The molecule has 1 aromatic carbocycles. The third-order valence-corrected chi connectivity index (χ3v) is 3.56. The van der Waals surface area contributed by atoms with Crippen molar-refractivity contribution in [1.29, 1.82) is 0 Å². The van der Waals surface area contributed by atoms with E-state index in [0.29, 0.717) is 0 Å². The number of anilines is 2. The zero-order valence-electron chi connectivity index (χ0n) is 10.7. The highest BCUT2D eigenvalue weighted by atomic mass is 32.1. The average molecular weight is 271 g/mol. The first-order chi connectivity index (χ1) is 9.22. The molecule has 0 unspecified atom stereocenters. The van der Waals surface area contributed by atoms with E-state index in [4.69, 9.17) is 4.52 Å². The number of nitrogens with one attached hydrogen (secondary N) is 1. The van der Waals surface area contributed by atoms with E-state index in [1.54, 1.807) is 17.5 Å². The van der Waals surface area contributed by atoms with Crippen LogP contribution in [0.4, 0.5) is 10.8 Å². The summed E-state index contributed by atoms with van der Waals surface area (Å²) in [5, 5.41) is 9.93. The number of aromatic nitrogens is 2. The molecule has 0 spiro atoms. The maximum absolute atomic E-state index is 5.06. The molecule has 3 rings (SSSR count). The lowest BCUT2D eigenvalue weighted by Crippen LogP contribution is -1.89. The Balaban J connectivity index is 1.84. The van der Waals surface area contributed by atoms with Crippen LogP contribution in [0.1, 0.15) is 11.3 Å². The maximum atomic E-state index is 5.06. The molecule has 0 atom stereocenters. The second-order valence-electron chi connectivity index (χ2n) is 4.33. The lowest BCUT2D eigenvalue weighted by Gasteiger charge is -2.02. The third kappa shape index (κ3) is 2.51. The zero-order valence-corrected chi connectivity index (χ0v) is 11.5. The lowest BCUT2D eigenvalue weighted by atomic mass is 10.2. The van der Waals surface area contributed by atoms with Gasteiger partial charge in [-0.2, -0.15) is 0 Å². The number of hydrogen-bond donors (Lipinski definition) is 1. The molecular formula is C14H13N3OS. The van der Waals surface area contributed by atoms with Gasteiger partial charge in [-0.15, -0.1) is 11.3 Å². The van der Waals surface area contributed by atoms with Gasteiger partial charge in [0.1, 0.15) is 5.76 Å². The molecule has 0 saturated carbocycles. The summed E-state index contributed by atoms with van der Waals surface area (Å²) in [5.74, 6) is 0.785. The van der Waals surface area contributed by atoms with Gasteiger partial charge in [-0.1, -0.05) is 17.3 Å². The van der Waals surface area contributed by atoms with Crippen LogP contribution in [-0.4, -0.2) is 10.1 Å². The van der Waals surface area contributed by atoms with Crippen molar-refractivity contribution in [3.8, 4) is 11.3 Å². The van der Waals surface area contributed by atoms with Crippen LogP contribution in [0.3, 0.4) is 0 Å². The molecule has 0 bridgehead atoms. The lowest BCUT2D eigenvalue weighted by molar-refractivity contribution is 0.398. The highest BCUT2D eigenvalue weighted by Crippen LogP contribution is 2.28. The first-order valence-corrected chi connectivity index (χ1v) is 6.81. The molecule has 0 saturated heterocycles. The van der Waals surface area contributed by atoms with Crippen LogP contribution in [0.25, 0.3) is 11.3 Å². The summed E-state index contributed by atoms with van der Waals surface area (Å²) < 4.78 is 5.06. The molecule has 0 aliphatic carbocycles. The molecule has 4 nitrogen and oxygen atoms in total. The SMILES string of the molecule is Cc1cccc(Nc2nc(-c3cnoc3C)cs2)c1. The van der Waals surface area contributed by atoms with Crippen molar-refractivity contribution >= 4 is 22.2 Å². The van der Waals surface area contributed by atoms with Crippen molar-refractivity contribution in [1.82, 2.24) is 10.1 Å². The third-order valence-electron chi connectivity index (χ3n) is 2.80. The van der Waals surface area contributed by atoms with Crippen LogP contribution in [0.2, 0.25) is 0 Å². The molecule has 0 fully saturated rings. The molecular weight excluding hydrogens is 258 g/mol. The zero-order chi connectivity index (χ0) is 13.2. The van der Waals surface area contributed by atoms with Crippen molar-refractivity contribution in [2.45, 2.75) is 13.8 Å². The van der Waals surface area contributed by atoms with E-state index in [1.165, 1.54) is 5.56 Å². The first-order valence-electron chi connectivity index (χ1n) is 5.93. The Morgan fingerprint density at radius 2 is 2.16 bits per heavy atom. The fourth-order valence-corrected chi connectivity index (χ4v) is 2.58. The largest absolute Gasteiger partial charge is 0.361 e. The highest BCUT2D eigenvalue weighted by Gasteiger charge is 2.10. The minimum atomic E-state index is 0.785. The fourth-order valence-electron chi connectivity index (χ4n) is 1.85. The number of nitrogens with zero attached hydrogens (tertiary/aromatic N) is 2. The second kappa shape index (κ2) is 4.85. The van der Waals surface area contributed by atoms with Gasteiger partial charge in [-0.05, 0) is 31.5 Å². The normalized spacial score (nSPS) is 10.6. The van der Waals surface area contributed by atoms with Crippen LogP contribution < -0.4 is 5.32 Å². The Hall–Kier alpha value is -2.14. The second-order valence-corrected chi connectivity index (χ2v) is 5.19. The quantitative estimate of drug-likeness (QED) is 0.777. The summed E-state index contributed by atoms with van der Waals surface area (Å²) in [4.78, 5) is 4.55. The molecule has 2 aromatic heterocycles. The summed E-state index contributed by atoms with van der Waals surface area (Å²) in [5.41, 5.74) is 4.09. The number of rotatable bonds is 3. The van der Waals surface area contributed by atoms with Gasteiger partial charge in [0.05, 0.1) is 17.5 Å². The van der Waals surface area contributed by atoms with Crippen LogP contribution in [0.5, 0.6) is 0 Å². The van der Waals surface area contributed by atoms with Gasteiger partial charge in [0.15, 0.2) is 5.13 Å². The van der Waals surface area contributed by atoms with E-state index in [9.17, 15) is 0 Å².